The molecule has 3 aromatic carbocycles. The van der Waals surface area contributed by atoms with E-state index < -0.39 is 21.8 Å². The minimum atomic E-state index is -3.80. The van der Waals surface area contributed by atoms with Crippen LogP contribution in [0.5, 0.6) is 0 Å². The fourth-order valence-electron chi connectivity index (χ4n) is 4.89. The number of hydrogen-bond donors (Lipinski definition) is 2. The van der Waals surface area contributed by atoms with Crippen molar-refractivity contribution >= 4 is 26.9 Å². The monoisotopic (exact) mass is 632 g/mol. The summed E-state index contributed by atoms with van der Waals surface area (Å²) in [6.45, 7) is 6.03. The quantitative estimate of drug-likeness (QED) is 0.175. The van der Waals surface area contributed by atoms with E-state index in [4.69, 9.17) is 14.6 Å². The van der Waals surface area contributed by atoms with E-state index >= 15 is 0 Å². The van der Waals surface area contributed by atoms with Gasteiger partial charge in [0.15, 0.2) is 5.76 Å². The highest BCUT2D eigenvalue weighted by Crippen LogP contribution is 2.25. The molecule has 0 spiro atoms. The molecule has 0 unspecified atom stereocenters. The molecule has 0 fully saturated rings. The third kappa shape index (κ3) is 7.35. The number of nitrogens with zero attached hydrogens (tertiary/aromatic N) is 3. The molecule has 45 heavy (non-hydrogen) atoms. The number of aromatic nitrogens is 3. The first-order valence-electron chi connectivity index (χ1n) is 14.4. The van der Waals surface area contributed by atoms with Crippen LogP contribution in [0.4, 0.5) is 4.39 Å². The van der Waals surface area contributed by atoms with Gasteiger partial charge in [-0.05, 0) is 72.4 Å². The third-order valence-electron chi connectivity index (χ3n) is 7.39. The maximum absolute atomic E-state index is 13.6. The Morgan fingerprint density at radius 2 is 1.71 bits per heavy atom. The van der Waals surface area contributed by atoms with E-state index in [1.54, 1.807) is 48.5 Å². The van der Waals surface area contributed by atoms with Crippen LogP contribution >= 0.6 is 0 Å². The molecule has 0 radical (unpaired) electrons. The van der Waals surface area contributed by atoms with Crippen LogP contribution in [-0.2, 0) is 33.2 Å². The number of carbonyl (C=O) groups is 1. The largest absolute Gasteiger partial charge is 0.481 e. The molecule has 5 rings (SSSR count). The average molecular weight is 633 g/mol. The number of sulfonamides is 1. The first-order valence-corrected chi connectivity index (χ1v) is 15.9. The van der Waals surface area contributed by atoms with Crippen LogP contribution in [0, 0.1) is 5.82 Å². The molecule has 0 atom stereocenters. The average Bonchev–Trinajstić information content (AvgIpc) is 3.48. The zero-order valence-electron chi connectivity index (χ0n) is 25.1. The van der Waals surface area contributed by atoms with Gasteiger partial charge in [-0.1, -0.05) is 44.1 Å². The van der Waals surface area contributed by atoms with Crippen molar-refractivity contribution in [3.8, 4) is 16.9 Å². The fraction of sp³-hybridized carbons (Fsp3) is 0.273. The second kappa shape index (κ2) is 12.7. The highest BCUT2D eigenvalue weighted by atomic mass is 32.2. The van der Waals surface area contributed by atoms with E-state index in [0.717, 1.165) is 5.56 Å². The minimum Gasteiger partial charge on any atom is -0.481 e. The van der Waals surface area contributed by atoms with Crippen LogP contribution in [0.3, 0.4) is 0 Å². The molecule has 0 saturated heterocycles. The van der Waals surface area contributed by atoms with Gasteiger partial charge in [-0.25, -0.2) is 22.5 Å². The fourth-order valence-corrected chi connectivity index (χ4v) is 5.88. The van der Waals surface area contributed by atoms with Gasteiger partial charge in [0.1, 0.15) is 17.3 Å². The molecular formula is C33H33FN4O6S. The Labute approximate surface area is 259 Å². The van der Waals surface area contributed by atoms with Gasteiger partial charge in [0.2, 0.25) is 10.0 Å². The van der Waals surface area contributed by atoms with Crippen molar-refractivity contribution in [2.75, 3.05) is 0 Å². The molecule has 234 valence electrons. The summed E-state index contributed by atoms with van der Waals surface area (Å²) in [5, 5.41) is 13.4. The van der Waals surface area contributed by atoms with E-state index in [9.17, 15) is 22.4 Å². The predicted molar refractivity (Wildman–Crippen MR) is 167 cm³/mol. The summed E-state index contributed by atoms with van der Waals surface area (Å²) in [5.41, 5.74) is 2.43. The van der Waals surface area contributed by atoms with Gasteiger partial charge >= 0.3 is 5.97 Å². The summed E-state index contributed by atoms with van der Waals surface area (Å²) < 4.78 is 48.7. The number of rotatable bonds is 11. The Kier molecular flexibility index (Phi) is 8.98. The normalized spacial score (nSPS) is 12.1. The number of hydrogen-bond acceptors (Lipinski definition) is 7. The highest BCUT2D eigenvalue weighted by Gasteiger charge is 2.19. The van der Waals surface area contributed by atoms with Gasteiger partial charge in [0, 0.05) is 24.5 Å². The number of aliphatic carboxylic acids is 1. The molecule has 0 amide bonds. The number of carboxylic acid groups (broad SMARTS) is 1. The highest BCUT2D eigenvalue weighted by molar-refractivity contribution is 7.89. The van der Waals surface area contributed by atoms with Crippen LogP contribution in [0.15, 0.2) is 87.0 Å². The van der Waals surface area contributed by atoms with Crippen LogP contribution in [0.1, 0.15) is 57.2 Å². The van der Waals surface area contributed by atoms with Crippen LogP contribution in [0.2, 0.25) is 0 Å². The van der Waals surface area contributed by atoms with Gasteiger partial charge in [-0.15, -0.1) is 0 Å². The van der Waals surface area contributed by atoms with E-state index in [1.807, 2.05) is 0 Å². The summed E-state index contributed by atoms with van der Waals surface area (Å²) in [4.78, 5) is 29.5. The number of aryl methyl sites for hydroxylation is 1. The standard InChI is InChI=1S/C33H33FN4O6S/c1-33(2,3)22-9-15-26(16-10-22)45(42,43)35-20-25-19-28(37-44-25)21-8-17-27-29(18-21)36-30(6-4-5-7-31(39)40)38(32(27)41)24-13-11-23(34)12-14-24/h8-19,35H,4-7,20H2,1-3H3,(H,39,40). The zero-order chi connectivity index (χ0) is 32.4. The number of nitrogens with one attached hydrogen (secondary N) is 1. The molecule has 0 bridgehead atoms. The molecule has 2 N–H and O–H groups in total. The molecule has 2 aromatic heterocycles. The molecule has 10 nitrogen and oxygen atoms in total. The maximum Gasteiger partial charge on any atom is 0.303 e. The minimum absolute atomic E-state index is 0.00730. The van der Waals surface area contributed by atoms with E-state index in [-0.39, 0.29) is 28.8 Å². The lowest BCUT2D eigenvalue weighted by Gasteiger charge is -2.19. The molecule has 0 aliphatic heterocycles. The Hall–Kier alpha value is -4.68. The second-order valence-corrected chi connectivity index (χ2v) is 13.5. The molecular weight excluding hydrogens is 599 g/mol. The summed E-state index contributed by atoms with van der Waals surface area (Å²) >= 11 is 0. The molecule has 0 aliphatic carbocycles. The number of carboxylic acids is 1. The molecule has 12 heteroatoms. The Morgan fingerprint density at radius 1 is 1.00 bits per heavy atom. The number of fused-ring (bicyclic) bond motifs is 1. The summed E-state index contributed by atoms with van der Waals surface area (Å²) in [6, 6.07) is 18.8. The van der Waals surface area contributed by atoms with Crippen molar-refractivity contribution in [1.29, 1.82) is 0 Å². The molecule has 5 aromatic rings. The molecule has 0 aliphatic rings. The second-order valence-electron chi connectivity index (χ2n) is 11.8. The Bertz CT molecular complexity index is 2010. The number of unbranched alkanes of at least 4 members (excludes halogenated alkanes) is 1. The predicted octanol–water partition coefficient (Wildman–Crippen LogP) is 5.75. The Morgan fingerprint density at radius 3 is 2.38 bits per heavy atom. The molecule has 2 heterocycles. The SMILES string of the molecule is CC(C)(C)c1ccc(S(=O)(=O)NCc2cc(-c3ccc4c(=O)n(-c5ccc(F)cc5)c(CCCCC(=O)O)nc4c3)no2)cc1. The first kappa shape index (κ1) is 31.7. The van der Waals surface area contributed by atoms with Crippen molar-refractivity contribution in [3.63, 3.8) is 0 Å². The lowest BCUT2D eigenvalue weighted by Crippen LogP contribution is -2.24. The first-order chi connectivity index (χ1) is 21.3. The van der Waals surface area contributed by atoms with Gasteiger partial charge in [0.25, 0.3) is 5.56 Å². The van der Waals surface area contributed by atoms with Gasteiger partial charge in [0.05, 0.1) is 28.0 Å². The number of benzene rings is 3. The van der Waals surface area contributed by atoms with Crippen molar-refractivity contribution < 1.29 is 27.2 Å². The van der Waals surface area contributed by atoms with Crippen molar-refractivity contribution in [2.45, 2.75) is 63.3 Å². The summed E-state index contributed by atoms with van der Waals surface area (Å²) in [5.74, 6) is -0.648. The summed E-state index contributed by atoms with van der Waals surface area (Å²) in [7, 11) is -3.80. The van der Waals surface area contributed by atoms with Crippen molar-refractivity contribution in [3.05, 3.63) is 106 Å². The van der Waals surface area contributed by atoms with Crippen LogP contribution in [0.25, 0.3) is 27.8 Å². The Balaban J connectivity index is 1.39. The topological polar surface area (TPSA) is 144 Å². The lowest BCUT2D eigenvalue weighted by atomic mass is 9.87. The van der Waals surface area contributed by atoms with Crippen molar-refractivity contribution in [1.82, 2.24) is 19.4 Å². The zero-order valence-corrected chi connectivity index (χ0v) is 25.9. The van der Waals surface area contributed by atoms with Crippen LogP contribution in [-0.4, -0.2) is 34.2 Å². The van der Waals surface area contributed by atoms with Gasteiger partial charge in [-0.3, -0.25) is 14.2 Å². The van der Waals surface area contributed by atoms with Crippen LogP contribution < -0.4 is 10.3 Å². The summed E-state index contributed by atoms with van der Waals surface area (Å²) in [6.07, 6.45) is 1.20. The van der Waals surface area contributed by atoms with E-state index in [2.05, 4.69) is 30.6 Å². The third-order valence-corrected chi connectivity index (χ3v) is 8.80. The molecule has 0 saturated carbocycles. The lowest BCUT2D eigenvalue weighted by molar-refractivity contribution is -0.137. The van der Waals surface area contributed by atoms with Crippen molar-refractivity contribution in [2.24, 2.45) is 0 Å². The smallest absolute Gasteiger partial charge is 0.303 e. The van der Waals surface area contributed by atoms with Gasteiger partial charge in [-0.2, -0.15) is 0 Å². The van der Waals surface area contributed by atoms with E-state index in [1.165, 1.54) is 28.8 Å². The number of halogens is 1. The maximum atomic E-state index is 13.6. The van der Waals surface area contributed by atoms with E-state index in [0.29, 0.717) is 58.7 Å². The van der Waals surface area contributed by atoms with Gasteiger partial charge < -0.3 is 9.63 Å².